The van der Waals surface area contributed by atoms with Gasteiger partial charge >= 0.3 is 0 Å². The van der Waals surface area contributed by atoms with Crippen LogP contribution in [-0.4, -0.2) is 48.9 Å². The number of nitrogens with one attached hydrogen (secondary N) is 1. The van der Waals surface area contributed by atoms with Crippen LogP contribution >= 0.6 is 0 Å². The molecule has 126 valence electrons. The molecule has 0 atom stereocenters. The summed E-state index contributed by atoms with van der Waals surface area (Å²) in [7, 11) is 0. The maximum absolute atomic E-state index is 13.0. The first-order valence-corrected chi connectivity index (χ1v) is 8.04. The molecule has 1 N–H and O–H groups in total. The summed E-state index contributed by atoms with van der Waals surface area (Å²) >= 11 is 0. The maximum Gasteiger partial charge on any atom is 0.241 e. The Balaban J connectivity index is 1.88. The quantitative estimate of drug-likeness (QED) is 0.869. The first-order chi connectivity index (χ1) is 11.0. The zero-order valence-corrected chi connectivity index (χ0v) is 13.7. The Hall–Kier alpha value is -2.11. The standard InChI is InChI=1S/C17H24FN3O2/c1-13(2)21(15-7-5-14(18)6-8-15)12-16(22)19-11-17(23)20-9-3-4-10-20/h5-8,13H,3-4,9-12H2,1-2H3,(H,19,22). The molecule has 1 aliphatic rings. The van der Waals surface area contributed by atoms with Crippen molar-refractivity contribution in [2.45, 2.75) is 32.7 Å². The van der Waals surface area contributed by atoms with Gasteiger partial charge in [0.2, 0.25) is 11.8 Å². The second-order valence-electron chi connectivity index (χ2n) is 6.06. The van der Waals surface area contributed by atoms with Crippen LogP contribution in [0.3, 0.4) is 0 Å². The van der Waals surface area contributed by atoms with Crippen LogP contribution in [0.25, 0.3) is 0 Å². The van der Waals surface area contributed by atoms with Crippen LogP contribution in [0.4, 0.5) is 10.1 Å². The number of amides is 2. The number of hydrogen-bond donors (Lipinski definition) is 1. The number of carbonyl (C=O) groups excluding carboxylic acids is 2. The van der Waals surface area contributed by atoms with E-state index in [1.165, 1.54) is 12.1 Å². The Labute approximate surface area is 136 Å². The largest absolute Gasteiger partial charge is 0.360 e. The highest BCUT2D eigenvalue weighted by Gasteiger charge is 2.19. The number of carbonyl (C=O) groups is 2. The number of halogens is 1. The summed E-state index contributed by atoms with van der Waals surface area (Å²) < 4.78 is 13.0. The van der Waals surface area contributed by atoms with E-state index in [9.17, 15) is 14.0 Å². The van der Waals surface area contributed by atoms with Crippen LogP contribution in [0, 0.1) is 5.82 Å². The lowest BCUT2D eigenvalue weighted by molar-refractivity contribution is -0.131. The minimum atomic E-state index is -0.307. The molecule has 0 saturated carbocycles. The van der Waals surface area contributed by atoms with Gasteiger partial charge in [0.15, 0.2) is 0 Å². The van der Waals surface area contributed by atoms with Gasteiger partial charge in [-0.15, -0.1) is 0 Å². The van der Waals surface area contributed by atoms with E-state index in [-0.39, 0.29) is 36.8 Å². The second kappa shape index (κ2) is 7.94. The monoisotopic (exact) mass is 321 g/mol. The fraction of sp³-hybridized carbons (Fsp3) is 0.529. The van der Waals surface area contributed by atoms with E-state index in [1.807, 2.05) is 18.7 Å². The van der Waals surface area contributed by atoms with Gasteiger partial charge in [-0.05, 0) is 51.0 Å². The predicted molar refractivity (Wildman–Crippen MR) is 87.7 cm³/mol. The average molecular weight is 321 g/mol. The van der Waals surface area contributed by atoms with Crippen LogP contribution < -0.4 is 10.2 Å². The van der Waals surface area contributed by atoms with E-state index in [2.05, 4.69) is 5.32 Å². The highest BCUT2D eigenvalue weighted by Crippen LogP contribution is 2.17. The molecule has 0 spiro atoms. The van der Waals surface area contributed by atoms with Crippen molar-refractivity contribution in [3.63, 3.8) is 0 Å². The summed E-state index contributed by atoms with van der Waals surface area (Å²) in [6.45, 7) is 5.66. The van der Waals surface area contributed by atoms with Gasteiger partial charge in [-0.3, -0.25) is 9.59 Å². The lowest BCUT2D eigenvalue weighted by Gasteiger charge is -2.28. The van der Waals surface area contributed by atoms with Gasteiger partial charge in [0.1, 0.15) is 5.82 Å². The van der Waals surface area contributed by atoms with Crippen LogP contribution in [0.2, 0.25) is 0 Å². The summed E-state index contributed by atoms with van der Waals surface area (Å²) in [5.74, 6) is -0.553. The molecule has 1 fully saturated rings. The molecule has 6 heteroatoms. The van der Waals surface area contributed by atoms with E-state index in [4.69, 9.17) is 0 Å². The van der Waals surface area contributed by atoms with Crippen LogP contribution in [0.15, 0.2) is 24.3 Å². The molecule has 0 bridgehead atoms. The molecule has 0 radical (unpaired) electrons. The number of anilines is 1. The molecule has 0 aromatic heterocycles. The van der Waals surface area contributed by atoms with Gasteiger partial charge in [0.25, 0.3) is 0 Å². The fourth-order valence-electron chi connectivity index (χ4n) is 2.67. The Bertz CT molecular complexity index is 539. The molecule has 1 heterocycles. The van der Waals surface area contributed by atoms with Crippen LogP contribution in [-0.2, 0) is 9.59 Å². The van der Waals surface area contributed by atoms with Crippen LogP contribution in [0.1, 0.15) is 26.7 Å². The SMILES string of the molecule is CC(C)N(CC(=O)NCC(=O)N1CCCC1)c1ccc(F)cc1. The first kappa shape index (κ1) is 17.2. The summed E-state index contributed by atoms with van der Waals surface area (Å²) in [6, 6.07) is 6.13. The molecule has 0 unspecified atom stereocenters. The smallest absolute Gasteiger partial charge is 0.241 e. The molecule has 1 saturated heterocycles. The third-order valence-electron chi connectivity index (χ3n) is 3.99. The van der Waals surface area contributed by atoms with E-state index in [0.717, 1.165) is 31.6 Å². The second-order valence-corrected chi connectivity index (χ2v) is 6.06. The topological polar surface area (TPSA) is 52.7 Å². The number of likely N-dealkylation sites (tertiary alicyclic amines) is 1. The lowest BCUT2D eigenvalue weighted by Crippen LogP contribution is -2.44. The van der Waals surface area contributed by atoms with Gasteiger partial charge < -0.3 is 15.1 Å². The first-order valence-electron chi connectivity index (χ1n) is 8.04. The number of rotatable bonds is 6. The Morgan fingerprint density at radius 2 is 1.83 bits per heavy atom. The number of hydrogen-bond acceptors (Lipinski definition) is 3. The van der Waals surface area contributed by atoms with Crippen molar-refractivity contribution in [2.24, 2.45) is 0 Å². The number of nitrogens with zero attached hydrogens (tertiary/aromatic N) is 2. The van der Waals surface area contributed by atoms with Gasteiger partial charge in [0, 0.05) is 24.8 Å². The normalized spacial score (nSPS) is 14.2. The highest BCUT2D eigenvalue weighted by atomic mass is 19.1. The van der Waals surface area contributed by atoms with E-state index < -0.39 is 0 Å². The van der Waals surface area contributed by atoms with Gasteiger partial charge in [-0.2, -0.15) is 0 Å². The Morgan fingerprint density at radius 1 is 1.22 bits per heavy atom. The van der Waals surface area contributed by atoms with Crippen molar-refractivity contribution in [1.29, 1.82) is 0 Å². The van der Waals surface area contributed by atoms with Crippen molar-refractivity contribution in [2.75, 3.05) is 31.1 Å². The fourth-order valence-corrected chi connectivity index (χ4v) is 2.67. The van der Waals surface area contributed by atoms with Crippen molar-refractivity contribution < 1.29 is 14.0 Å². The third kappa shape index (κ3) is 4.94. The van der Waals surface area contributed by atoms with Gasteiger partial charge in [0.05, 0.1) is 13.1 Å². The Kier molecular flexibility index (Phi) is 5.96. The van der Waals surface area contributed by atoms with Gasteiger partial charge in [-0.25, -0.2) is 4.39 Å². The molecule has 1 aromatic carbocycles. The minimum absolute atomic E-state index is 0.0336. The zero-order valence-electron chi connectivity index (χ0n) is 13.7. The predicted octanol–water partition coefficient (Wildman–Crippen LogP) is 1.78. The van der Waals surface area contributed by atoms with Crippen molar-refractivity contribution in [3.8, 4) is 0 Å². The van der Waals surface area contributed by atoms with Crippen molar-refractivity contribution >= 4 is 17.5 Å². The minimum Gasteiger partial charge on any atom is -0.360 e. The van der Waals surface area contributed by atoms with Crippen LogP contribution in [0.5, 0.6) is 0 Å². The summed E-state index contributed by atoms with van der Waals surface area (Å²) in [5.41, 5.74) is 0.780. The molecule has 23 heavy (non-hydrogen) atoms. The Morgan fingerprint density at radius 3 is 2.39 bits per heavy atom. The molecular weight excluding hydrogens is 297 g/mol. The average Bonchev–Trinajstić information content (AvgIpc) is 3.05. The van der Waals surface area contributed by atoms with E-state index in [0.29, 0.717) is 0 Å². The molecule has 1 aliphatic heterocycles. The van der Waals surface area contributed by atoms with E-state index in [1.54, 1.807) is 17.0 Å². The summed E-state index contributed by atoms with van der Waals surface area (Å²) in [6.07, 6.45) is 2.07. The molecule has 2 amide bonds. The highest BCUT2D eigenvalue weighted by molar-refractivity contribution is 5.87. The third-order valence-corrected chi connectivity index (χ3v) is 3.99. The van der Waals surface area contributed by atoms with Gasteiger partial charge in [-0.1, -0.05) is 0 Å². The summed E-state index contributed by atoms with van der Waals surface area (Å²) in [4.78, 5) is 27.7. The molecular formula is C17H24FN3O2. The molecule has 5 nitrogen and oxygen atoms in total. The van der Waals surface area contributed by atoms with Crippen molar-refractivity contribution in [3.05, 3.63) is 30.1 Å². The summed E-state index contributed by atoms with van der Waals surface area (Å²) in [5, 5.41) is 2.68. The molecule has 0 aliphatic carbocycles. The zero-order chi connectivity index (χ0) is 16.8. The molecule has 2 rings (SSSR count). The van der Waals surface area contributed by atoms with Crippen molar-refractivity contribution in [1.82, 2.24) is 10.2 Å². The van der Waals surface area contributed by atoms with E-state index >= 15 is 0 Å². The number of benzene rings is 1. The lowest BCUT2D eigenvalue weighted by atomic mass is 10.2. The molecule has 1 aromatic rings. The maximum atomic E-state index is 13.0.